The number of benzene rings is 10. The lowest BCUT2D eigenvalue weighted by Crippen LogP contribution is -2.02. The fourth-order valence-corrected chi connectivity index (χ4v) is 8.78. The Balaban J connectivity index is 1.14. The van der Waals surface area contributed by atoms with E-state index in [1.807, 2.05) is 18.2 Å². The molecular formula is C55H34N4. The molecular weight excluding hydrogens is 717 g/mol. The summed E-state index contributed by atoms with van der Waals surface area (Å²) in [6.07, 6.45) is 0. The van der Waals surface area contributed by atoms with E-state index in [1.165, 1.54) is 48.5 Å². The SMILES string of the molecule is c1ccc(-c2nc(-c3ccc(-n4c5cc6ccccc6cc5c5cc6ccccc6cc54)c(-c4ccc5ccccc5c4)c3)nc(-c3ccc4ccccc4c3)n2)cc1. The molecule has 0 aliphatic heterocycles. The van der Waals surface area contributed by atoms with Gasteiger partial charge in [-0.15, -0.1) is 0 Å². The number of fused-ring (bicyclic) bond motifs is 7. The summed E-state index contributed by atoms with van der Waals surface area (Å²) < 4.78 is 2.46. The van der Waals surface area contributed by atoms with Crippen LogP contribution in [0.5, 0.6) is 0 Å². The Kier molecular flexibility index (Phi) is 7.50. The molecule has 0 radical (unpaired) electrons. The minimum atomic E-state index is 0.620. The van der Waals surface area contributed by atoms with Crippen molar-refractivity contribution in [3.63, 3.8) is 0 Å². The quantitative estimate of drug-likeness (QED) is 0.176. The summed E-state index contributed by atoms with van der Waals surface area (Å²) >= 11 is 0. The molecule has 12 rings (SSSR count). The zero-order chi connectivity index (χ0) is 38.9. The first-order valence-corrected chi connectivity index (χ1v) is 20.0. The predicted molar refractivity (Wildman–Crippen MR) is 246 cm³/mol. The third kappa shape index (κ3) is 5.65. The lowest BCUT2D eigenvalue weighted by atomic mass is 9.97. The minimum Gasteiger partial charge on any atom is -0.309 e. The van der Waals surface area contributed by atoms with Crippen molar-refractivity contribution in [3.8, 4) is 51.0 Å². The van der Waals surface area contributed by atoms with E-state index in [-0.39, 0.29) is 0 Å². The van der Waals surface area contributed by atoms with Gasteiger partial charge in [-0.3, -0.25) is 0 Å². The molecule has 0 saturated carbocycles. The van der Waals surface area contributed by atoms with Gasteiger partial charge in [-0.05, 0) is 103 Å². The van der Waals surface area contributed by atoms with Gasteiger partial charge < -0.3 is 4.57 Å². The van der Waals surface area contributed by atoms with Crippen molar-refractivity contribution in [1.29, 1.82) is 0 Å². The van der Waals surface area contributed by atoms with Crippen LogP contribution in [0.4, 0.5) is 0 Å². The normalized spacial score (nSPS) is 11.7. The third-order valence-electron chi connectivity index (χ3n) is 11.7. The lowest BCUT2D eigenvalue weighted by Gasteiger charge is -2.17. The van der Waals surface area contributed by atoms with Gasteiger partial charge in [0.15, 0.2) is 17.5 Å². The number of rotatable bonds is 5. The Hall–Kier alpha value is -7.95. The topological polar surface area (TPSA) is 43.6 Å². The predicted octanol–water partition coefficient (Wildman–Crippen LogP) is 14.2. The highest BCUT2D eigenvalue weighted by molar-refractivity contribution is 6.17. The van der Waals surface area contributed by atoms with Crippen LogP contribution in [-0.4, -0.2) is 19.5 Å². The molecule has 0 spiro atoms. The molecule has 12 aromatic rings. The van der Waals surface area contributed by atoms with Crippen LogP contribution in [0.1, 0.15) is 0 Å². The molecule has 2 aromatic heterocycles. The third-order valence-corrected chi connectivity index (χ3v) is 11.7. The van der Waals surface area contributed by atoms with E-state index in [4.69, 9.17) is 15.0 Å². The molecule has 274 valence electrons. The van der Waals surface area contributed by atoms with Crippen molar-refractivity contribution in [2.75, 3.05) is 0 Å². The van der Waals surface area contributed by atoms with Crippen LogP contribution in [-0.2, 0) is 0 Å². The van der Waals surface area contributed by atoms with E-state index >= 15 is 0 Å². The maximum absolute atomic E-state index is 5.22. The van der Waals surface area contributed by atoms with Gasteiger partial charge in [0.2, 0.25) is 0 Å². The molecule has 0 aliphatic rings. The molecule has 0 N–H and O–H groups in total. The van der Waals surface area contributed by atoms with Crippen LogP contribution >= 0.6 is 0 Å². The first-order chi connectivity index (χ1) is 29.2. The fraction of sp³-hybridized carbons (Fsp3) is 0. The molecule has 0 bridgehead atoms. The summed E-state index contributed by atoms with van der Waals surface area (Å²) in [6.45, 7) is 0. The van der Waals surface area contributed by atoms with Gasteiger partial charge in [0.1, 0.15) is 0 Å². The van der Waals surface area contributed by atoms with Crippen molar-refractivity contribution >= 4 is 64.9 Å². The summed E-state index contributed by atoms with van der Waals surface area (Å²) in [6, 6.07) is 73.8. The van der Waals surface area contributed by atoms with E-state index in [0.29, 0.717) is 17.5 Å². The number of hydrogen-bond acceptors (Lipinski definition) is 3. The highest BCUT2D eigenvalue weighted by atomic mass is 15.0. The summed E-state index contributed by atoms with van der Waals surface area (Å²) in [5, 5.41) is 12.0. The summed E-state index contributed by atoms with van der Waals surface area (Å²) in [4.78, 5) is 15.5. The number of hydrogen-bond donors (Lipinski definition) is 0. The van der Waals surface area contributed by atoms with E-state index in [0.717, 1.165) is 49.9 Å². The van der Waals surface area contributed by atoms with Crippen LogP contribution in [0.15, 0.2) is 206 Å². The first kappa shape index (κ1) is 33.2. The Morgan fingerprint density at radius 3 is 1.20 bits per heavy atom. The monoisotopic (exact) mass is 750 g/mol. The van der Waals surface area contributed by atoms with Crippen molar-refractivity contribution < 1.29 is 0 Å². The zero-order valence-corrected chi connectivity index (χ0v) is 31.9. The van der Waals surface area contributed by atoms with Gasteiger partial charge in [0.25, 0.3) is 0 Å². The molecule has 0 atom stereocenters. The van der Waals surface area contributed by atoms with Gasteiger partial charge in [0, 0.05) is 33.0 Å². The molecule has 10 aromatic carbocycles. The van der Waals surface area contributed by atoms with E-state index in [9.17, 15) is 0 Å². The van der Waals surface area contributed by atoms with Crippen molar-refractivity contribution in [2.24, 2.45) is 0 Å². The first-order valence-electron chi connectivity index (χ1n) is 20.0. The molecule has 59 heavy (non-hydrogen) atoms. The zero-order valence-electron chi connectivity index (χ0n) is 31.9. The average Bonchev–Trinajstić information content (AvgIpc) is 3.60. The smallest absolute Gasteiger partial charge is 0.164 e. The fourth-order valence-electron chi connectivity index (χ4n) is 8.78. The van der Waals surface area contributed by atoms with Gasteiger partial charge in [0.05, 0.1) is 16.7 Å². The highest BCUT2D eigenvalue weighted by Crippen LogP contribution is 2.41. The lowest BCUT2D eigenvalue weighted by molar-refractivity contribution is 1.07. The van der Waals surface area contributed by atoms with Crippen LogP contribution in [0, 0.1) is 0 Å². The number of nitrogens with zero attached hydrogens (tertiary/aromatic N) is 4. The molecule has 0 fully saturated rings. The van der Waals surface area contributed by atoms with Crippen LogP contribution in [0.3, 0.4) is 0 Å². The second kappa shape index (κ2) is 13.3. The summed E-state index contributed by atoms with van der Waals surface area (Å²) in [5.41, 5.74) is 8.40. The van der Waals surface area contributed by atoms with E-state index in [1.54, 1.807) is 0 Å². The van der Waals surface area contributed by atoms with Crippen molar-refractivity contribution in [3.05, 3.63) is 206 Å². The largest absolute Gasteiger partial charge is 0.309 e. The van der Waals surface area contributed by atoms with Crippen LogP contribution in [0.2, 0.25) is 0 Å². The Morgan fingerprint density at radius 2 is 0.661 bits per heavy atom. The Labute approximate surface area is 340 Å². The van der Waals surface area contributed by atoms with Gasteiger partial charge in [-0.1, -0.05) is 152 Å². The Morgan fingerprint density at radius 1 is 0.271 bits per heavy atom. The van der Waals surface area contributed by atoms with E-state index in [2.05, 4.69) is 193 Å². The average molecular weight is 751 g/mol. The standard InChI is InChI=1S/C55H34N4/c1-2-14-37(15-3-1)53-56-54(45-25-23-36-13-5-7-17-39(36)29-45)58-55(57-53)46-26-27-50(47(32-46)44-24-22-35-12-4-6-16-38(35)28-44)59-51-33-42-20-10-8-18-40(42)30-48(51)49-31-41-19-9-11-21-43(41)34-52(49)59/h1-34H. The molecule has 4 nitrogen and oxygen atoms in total. The molecule has 0 unspecified atom stereocenters. The van der Waals surface area contributed by atoms with Gasteiger partial charge in [-0.25, -0.2) is 15.0 Å². The van der Waals surface area contributed by atoms with Crippen molar-refractivity contribution in [1.82, 2.24) is 19.5 Å². The van der Waals surface area contributed by atoms with Crippen LogP contribution < -0.4 is 0 Å². The minimum absolute atomic E-state index is 0.620. The molecule has 2 heterocycles. The maximum Gasteiger partial charge on any atom is 0.164 e. The summed E-state index contributed by atoms with van der Waals surface area (Å²) in [7, 11) is 0. The van der Waals surface area contributed by atoms with Crippen molar-refractivity contribution in [2.45, 2.75) is 0 Å². The second-order valence-electron chi connectivity index (χ2n) is 15.3. The second-order valence-corrected chi connectivity index (χ2v) is 15.3. The number of aromatic nitrogens is 4. The molecule has 0 amide bonds. The Bertz CT molecular complexity index is 3530. The molecule has 4 heteroatoms. The van der Waals surface area contributed by atoms with Crippen LogP contribution in [0.25, 0.3) is 116 Å². The molecule has 0 aliphatic carbocycles. The van der Waals surface area contributed by atoms with Gasteiger partial charge in [-0.2, -0.15) is 0 Å². The highest BCUT2D eigenvalue weighted by Gasteiger charge is 2.20. The maximum atomic E-state index is 5.22. The molecule has 0 saturated heterocycles. The van der Waals surface area contributed by atoms with Gasteiger partial charge >= 0.3 is 0 Å². The van der Waals surface area contributed by atoms with E-state index < -0.39 is 0 Å². The summed E-state index contributed by atoms with van der Waals surface area (Å²) in [5.74, 6) is 1.89.